The highest BCUT2D eigenvalue weighted by atomic mass is 35.5. The highest BCUT2D eigenvalue weighted by molar-refractivity contribution is 5.95. The lowest BCUT2D eigenvalue weighted by Crippen LogP contribution is -2.33. The SMILES string of the molecule is Cc1cc(=O)[nH]cc1C(=O)N1C[C@@H](N)[C@H](c2ccccc2)C1.Cl. The molecule has 0 spiro atoms. The molecule has 0 unspecified atom stereocenters. The number of hydrogen-bond acceptors (Lipinski definition) is 3. The summed E-state index contributed by atoms with van der Waals surface area (Å²) in [5, 5.41) is 0. The molecule has 1 aromatic carbocycles. The van der Waals surface area contributed by atoms with Crippen LogP contribution in [0.1, 0.15) is 27.4 Å². The van der Waals surface area contributed by atoms with Crippen molar-refractivity contribution >= 4 is 18.3 Å². The van der Waals surface area contributed by atoms with Gasteiger partial charge in [-0.05, 0) is 18.1 Å². The van der Waals surface area contributed by atoms with Gasteiger partial charge in [0.2, 0.25) is 5.56 Å². The molecular formula is C17H20ClN3O2. The maximum atomic E-state index is 12.6. The third-order valence-corrected chi connectivity index (χ3v) is 4.24. The molecule has 1 fully saturated rings. The third-order valence-electron chi connectivity index (χ3n) is 4.24. The first-order valence-corrected chi connectivity index (χ1v) is 7.35. The predicted octanol–water partition coefficient (Wildman–Crippen LogP) is 1.67. The average Bonchev–Trinajstić information content (AvgIpc) is 2.89. The molecule has 5 nitrogen and oxygen atoms in total. The molecule has 0 bridgehead atoms. The number of nitrogens with zero attached hydrogens (tertiary/aromatic N) is 1. The van der Waals surface area contributed by atoms with Crippen molar-refractivity contribution < 1.29 is 4.79 Å². The number of carbonyl (C=O) groups excluding carboxylic acids is 1. The highest BCUT2D eigenvalue weighted by Gasteiger charge is 2.34. The van der Waals surface area contributed by atoms with Gasteiger partial charge in [0.1, 0.15) is 0 Å². The number of likely N-dealkylation sites (tertiary alicyclic amines) is 1. The predicted molar refractivity (Wildman–Crippen MR) is 92.1 cm³/mol. The van der Waals surface area contributed by atoms with E-state index in [4.69, 9.17) is 5.73 Å². The van der Waals surface area contributed by atoms with E-state index in [0.717, 1.165) is 5.56 Å². The Morgan fingerprint density at radius 2 is 1.96 bits per heavy atom. The van der Waals surface area contributed by atoms with Crippen molar-refractivity contribution in [2.45, 2.75) is 18.9 Å². The van der Waals surface area contributed by atoms with Crippen LogP contribution in [-0.2, 0) is 0 Å². The molecule has 1 aliphatic rings. The van der Waals surface area contributed by atoms with Crippen LogP contribution < -0.4 is 11.3 Å². The molecule has 0 saturated carbocycles. The number of nitrogens with two attached hydrogens (primary N) is 1. The van der Waals surface area contributed by atoms with Crippen molar-refractivity contribution in [2.24, 2.45) is 5.73 Å². The van der Waals surface area contributed by atoms with Gasteiger partial charge in [-0.15, -0.1) is 12.4 Å². The summed E-state index contributed by atoms with van der Waals surface area (Å²) < 4.78 is 0. The Morgan fingerprint density at radius 1 is 1.26 bits per heavy atom. The molecule has 6 heteroatoms. The number of halogens is 1. The van der Waals surface area contributed by atoms with Gasteiger partial charge >= 0.3 is 0 Å². The number of aryl methyl sites for hydroxylation is 1. The number of aromatic nitrogens is 1. The molecule has 3 rings (SSSR count). The molecule has 1 saturated heterocycles. The second kappa shape index (κ2) is 6.98. The second-order valence-electron chi connectivity index (χ2n) is 5.79. The van der Waals surface area contributed by atoms with Gasteiger partial charge in [0.25, 0.3) is 5.91 Å². The van der Waals surface area contributed by atoms with Gasteiger partial charge in [0.05, 0.1) is 5.56 Å². The third kappa shape index (κ3) is 3.46. The number of H-pyrrole nitrogens is 1. The lowest BCUT2D eigenvalue weighted by atomic mass is 9.95. The summed E-state index contributed by atoms with van der Waals surface area (Å²) in [4.78, 5) is 28.3. The Bertz CT molecular complexity index is 745. The number of carbonyl (C=O) groups is 1. The van der Waals surface area contributed by atoms with E-state index in [9.17, 15) is 9.59 Å². The lowest BCUT2D eigenvalue weighted by Gasteiger charge is -2.17. The van der Waals surface area contributed by atoms with Gasteiger partial charge in [-0.25, -0.2) is 0 Å². The monoisotopic (exact) mass is 333 g/mol. The van der Waals surface area contributed by atoms with Crippen LogP contribution in [0.25, 0.3) is 0 Å². The summed E-state index contributed by atoms with van der Waals surface area (Å²) >= 11 is 0. The molecule has 1 aliphatic heterocycles. The Morgan fingerprint density at radius 3 is 2.61 bits per heavy atom. The molecule has 0 aliphatic carbocycles. The van der Waals surface area contributed by atoms with Gasteiger partial charge in [-0.3, -0.25) is 9.59 Å². The maximum absolute atomic E-state index is 12.6. The highest BCUT2D eigenvalue weighted by Crippen LogP contribution is 2.27. The van der Waals surface area contributed by atoms with Crippen molar-refractivity contribution in [2.75, 3.05) is 13.1 Å². The van der Waals surface area contributed by atoms with Crippen molar-refractivity contribution in [3.63, 3.8) is 0 Å². The van der Waals surface area contributed by atoms with Crippen LogP contribution in [0.2, 0.25) is 0 Å². The molecule has 3 N–H and O–H groups in total. The largest absolute Gasteiger partial charge is 0.336 e. The summed E-state index contributed by atoms with van der Waals surface area (Å²) in [6, 6.07) is 11.4. The van der Waals surface area contributed by atoms with E-state index in [1.807, 2.05) is 30.3 Å². The van der Waals surface area contributed by atoms with Gasteiger partial charge in [-0.2, -0.15) is 0 Å². The number of amides is 1. The van der Waals surface area contributed by atoms with E-state index in [1.54, 1.807) is 11.8 Å². The zero-order valence-corrected chi connectivity index (χ0v) is 13.7. The minimum atomic E-state index is -0.200. The molecular weight excluding hydrogens is 314 g/mol. The van der Waals surface area contributed by atoms with Gasteiger partial charge in [0, 0.05) is 37.3 Å². The first-order chi connectivity index (χ1) is 10.6. The van der Waals surface area contributed by atoms with E-state index in [-0.39, 0.29) is 35.8 Å². The first kappa shape index (κ1) is 17.2. The van der Waals surface area contributed by atoms with Crippen LogP contribution >= 0.6 is 12.4 Å². The molecule has 122 valence electrons. The lowest BCUT2D eigenvalue weighted by molar-refractivity contribution is 0.0788. The number of benzene rings is 1. The number of rotatable bonds is 2. The number of pyridine rings is 1. The number of nitrogens with one attached hydrogen (secondary N) is 1. The molecule has 23 heavy (non-hydrogen) atoms. The smallest absolute Gasteiger partial charge is 0.255 e. The van der Waals surface area contributed by atoms with Crippen LogP contribution in [0.15, 0.2) is 47.4 Å². The first-order valence-electron chi connectivity index (χ1n) is 7.35. The molecule has 1 amide bonds. The second-order valence-corrected chi connectivity index (χ2v) is 5.79. The Labute approximate surface area is 140 Å². The van der Waals surface area contributed by atoms with Gasteiger partial charge < -0.3 is 15.6 Å². The van der Waals surface area contributed by atoms with Crippen LogP contribution in [0.3, 0.4) is 0 Å². The number of aromatic amines is 1. The van der Waals surface area contributed by atoms with Crippen LogP contribution in [0.5, 0.6) is 0 Å². The van der Waals surface area contributed by atoms with Crippen LogP contribution in [-0.4, -0.2) is 34.9 Å². The molecule has 2 aromatic rings. The van der Waals surface area contributed by atoms with E-state index >= 15 is 0 Å². The fourth-order valence-corrected chi connectivity index (χ4v) is 3.02. The molecule has 2 atom stereocenters. The van der Waals surface area contributed by atoms with Crippen LogP contribution in [0, 0.1) is 6.92 Å². The zero-order valence-electron chi connectivity index (χ0n) is 12.9. The van der Waals surface area contributed by atoms with E-state index < -0.39 is 0 Å². The molecule has 2 heterocycles. The summed E-state index contributed by atoms with van der Waals surface area (Å²) in [6.07, 6.45) is 1.49. The normalized spacial score (nSPS) is 20.2. The number of hydrogen-bond donors (Lipinski definition) is 2. The minimum Gasteiger partial charge on any atom is -0.336 e. The Balaban J connectivity index is 0.00000192. The summed E-state index contributed by atoms with van der Waals surface area (Å²) in [6.45, 7) is 2.90. The average molecular weight is 334 g/mol. The zero-order chi connectivity index (χ0) is 15.7. The summed E-state index contributed by atoms with van der Waals surface area (Å²) in [5.74, 6) is 0.0656. The van der Waals surface area contributed by atoms with E-state index in [1.165, 1.54) is 12.3 Å². The Kier molecular flexibility index (Phi) is 5.23. The Hall–Kier alpha value is -2.11. The van der Waals surface area contributed by atoms with Crippen molar-refractivity contribution in [1.82, 2.24) is 9.88 Å². The van der Waals surface area contributed by atoms with E-state index in [2.05, 4.69) is 4.98 Å². The van der Waals surface area contributed by atoms with Crippen molar-refractivity contribution in [3.05, 3.63) is 69.6 Å². The molecule has 0 radical (unpaired) electrons. The van der Waals surface area contributed by atoms with Gasteiger partial charge in [-0.1, -0.05) is 30.3 Å². The minimum absolute atomic E-state index is 0. The van der Waals surface area contributed by atoms with E-state index in [0.29, 0.717) is 24.2 Å². The summed E-state index contributed by atoms with van der Waals surface area (Å²) in [7, 11) is 0. The maximum Gasteiger partial charge on any atom is 0.255 e. The topological polar surface area (TPSA) is 79.2 Å². The fraction of sp³-hybridized carbons (Fsp3) is 0.294. The van der Waals surface area contributed by atoms with Crippen LogP contribution in [0.4, 0.5) is 0 Å². The standard InChI is InChI=1S/C17H19N3O2.ClH/c1-11-7-16(21)19-8-13(11)17(22)20-9-14(15(18)10-20)12-5-3-2-4-6-12;/h2-8,14-15H,9-10,18H2,1H3,(H,19,21);1H/t14-,15+;/m0./s1. The quantitative estimate of drug-likeness (QED) is 0.877. The summed E-state index contributed by atoms with van der Waals surface area (Å²) in [5.41, 5.74) is 8.40. The molecule has 1 aromatic heterocycles. The van der Waals surface area contributed by atoms with Crippen molar-refractivity contribution in [1.29, 1.82) is 0 Å². The van der Waals surface area contributed by atoms with Crippen molar-refractivity contribution in [3.8, 4) is 0 Å². The fourth-order valence-electron chi connectivity index (χ4n) is 3.02. The van der Waals surface area contributed by atoms with Gasteiger partial charge in [0.15, 0.2) is 0 Å².